The summed E-state index contributed by atoms with van der Waals surface area (Å²) in [4.78, 5) is 33.5. The molecule has 5 heteroatoms. The molecule has 0 saturated heterocycles. The van der Waals surface area contributed by atoms with Crippen molar-refractivity contribution in [2.24, 2.45) is 0 Å². The Balaban J connectivity index is 2.52. The van der Waals surface area contributed by atoms with Gasteiger partial charge in [-0.2, -0.15) is 0 Å². The van der Waals surface area contributed by atoms with Gasteiger partial charge in [0, 0.05) is 19.3 Å². The number of carbonyl (C=O) groups is 3. The van der Waals surface area contributed by atoms with Gasteiger partial charge in [0.1, 0.15) is 5.78 Å². The van der Waals surface area contributed by atoms with Crippen molar-refractivity contribution in [3.63, 3.8) is 0 Å². The first kappa shape index (κ1) is 16.9. The lowest BCUT2D eigenvalue weighted by atomic mass is 9.98. The molecule has 0 fully saturated rings. The normalized spacial score (nSPS) is 11.7. The Hall–Kier alpha value is -2.17. The molecule has 1 aromatic rings. The standard InChI is InChI=1S/C16H20O5/c1-11(16(20)21-2)13-8-6-12(7-9-13)10-14(17)4-3-5-15(18)19/h6-9,11H,3-5,10H2,1-2H3,(H,18,19). The molecule has 0 saturated carbocycles. The maximum absolute atomic E-state index is 11.7. The number of carboxylic acid groups (broad SMARTS) is 1. The van der Waals surface area contributed by atoms with Gasteiger partial charge in [0.15, 0.2) is 0 Å². The van der Waals surface area contributed by atoms with Gasteiger partial charge in [0.05, 0.1) is 13.0 Å². The number of esters is 1. The van der Waals surface area contributed by atoms with Crippen LogP contribution in [0.15, 0.2) is 24.3 Å². The molecule has 0 aliphatic carbocycles. The zero-order valence-corrected chi connectivity index (χ0v) is 12.3. The van der Waals surface area contributed by atoms with Crippen LogP contribution < -0.4 is 0 Å². The van der Waals surface area contributed by atoms with Crippen LogP contribution in [0.1, 0.15) is 43.2 Å². The Morgan fingerprint density at radius 3 is 2.29 bits per heavy atom. The van der Waals surface area contributed by atoms with E-state index in [1.54, 1.807) is 19.1 Å². The highest BCUT2D eigenvalue weighted by atomic mass is 16.5. The lowest BCUT2D eigenvalue weighted by molar-refractivity contribution is -0.142. The molecule has 1 N–H and O–H groups in total. The topological polar surface area (TPSA) is 80.7 Å². The summed E-state index contributed by atoms with van der Waals surface area (Å²) in [5, 5.41) is 8.51. The van der Waals surface area contributed by atoms with Crippen molar-refractivity contribution in [3.8, 4) is 0 Å². The van der Waals surface area contributed by atoms with Crippen molar-refractivity contribution in [1.82, 2.24) is 0 Å². The molecule has 114 valence electrons. The highest BCUT2D eigenvalue weighted by Gasteiger charge is 2.15. The minimum absolute atomic E-state index is 0.0152. The average molecular weight is 292 g/mol. The van der Waals surface area contributed by atoms with E-state index in [0.29, 0.717) is 6.42 Å². The Morgan fingerprint density at radius 2 is 1.76 bits per heavy atom. The third-order valence-corrected chi connectivity index (χ3v) is 3.28. The lowest BCUT2D eigenvalue weighted by Gasteiger charge is -2.10. The van der Waals surface area contributed by atoms with Crippen LogP contribution >= 0.6 is 0 Å². The van der Waals surface area contributed by atoms with E-state index >= 15 is 0 Å². The molecular weight excluding hydrogens is 272 g/mol. The quantitative estimate of drug-likeness (QED) is 0.744. The van der Waals surface area contributed by atoms with Crippen molar-refractivity contribution in [2.45, 2.75) is 38.5 Å². The Morgan fingerprint density at radius 1 is 1.14 bits per heavy atom. The second kappa shape index (κ2) is 8.19. The molecule has 1 atom stereocenters. The molecule has 1 rings (SSSR count). The van der Waals surface area contributed by atoms with Crippen LogP contribution in [0.4, 0.5) is 0 Å². The minimum Gasteiger partial charge on any atom is -0.481 e. The number of aliphatic carboxylic acids is 1. The SMILES string of the molecule is COC(=O)C(C)c1ccc(CC(=O)CCCC(=O)O)cc1. The summed E-state index contributed by atoms with van der Waals surface area (Å²) in [6.45, 7) is 1.76. The van der Waals surface area contributed by atoms with Crippen LogP contribution in [-0.4, -0.2) is 29.9 Å². The lowest BCUT2D eigenvalue weighted by Crippen LogP contribution is -2.11. The van der Waals surface area contributed by atoms with Gasteiger partial charge in [0.2, 0.25) is 0 Å². The highest BCUT2D eigenvalue weighted by Crippen LogP contribution is 2.17. The van der Waals surface area contributed by atoms with Gasteiger partial charge in [-0.15, -0.1) is 0 Å². The highest BCUT2D eigenvalue weighted by molar-refractivity contribution is 5.81. The van der Waals surface area contributed by atoms with Crippen molar-refractivity contribution < 1.29 is 24.2 Å². The maximum atomic E-state index is 11.7. The van der Waals surface area contributed by atoms with E-state index in [-0.39, 0.29) is 36.9 Å². The molecule has 0 amide bonds. The molecule has 0 aliphatic heterocycles. The summed E-state index contributed by atoms with van der Waals surface area (Å²) < 4.78 is 4.68. The van der Waals surface area contributed by atoms with Crippen LogP contribution in [0, 0.1) is 0 Å². The molecule has 0 heterocycles. The monoisotopic (exact) mass is 292 g/mol. The smallest absolute Gasteiger partial charge is 0.312 e. The number of Topliss-reactive ketones (excluding diaryl/α,β-unsaturated/α-hetero) is 1. The molecule has 0 bridgehead atoms. The molecule has 21 heavy (non-hydrogen) atoms. The predicted octanol–water partition coefficient (Wildman–Crippen LogP) is 2.33. The van der Waals surface area contributed by atoms with E-state index in [2.05, 4.69) is 4.74 Å². The molecular formula is C16H20O5. The van der Waals surface area contributed by atoms with E-state index in [0.717, 1.165) is 11.1 Å². The van der Waals surface area contributed by atoms with Gasteiger partial charge in [-0.25, -0.2) is 0 Å². The number of carbonyl (C=O) groups excluding carboxylic acids is 2. The Kier molecular flexibility index (Phi) is 6.59. The molecule has 0 radical (unpaired) electrons. The van der Waals surface area contributed by atoms with Crippen molar-refractivity contribution in [3.05, 3.63) is 35.4 Å². The third-order valence-electron chi connectivity index (χ3n) is 3.28. The number of ketones is 1. The van der Waals surface area contributed by atoms with Gasteiger partial charge in [0.25, 0.3) is 0 Å². The number of ether oxygens (including phenoxy) is 1. The van der Waals surface area contributed by atoms with E-state index in [1.807, 2.05) is 12.1 Å². The summed E-state index contributed by atoms with van der Waals surface area (Å²) in [7, 11) is 1.35. The fourth-order valence-electron chi connectivity index (χ4n) is 1.99. The van der Waals surface area contributed by atoms with Gasteiger partial charge in [-0.1, -0.05) is 24.3 Å². The minimum atomic E-state index is -0.885. The van der Waals surface area contributed by atoms with E-state index < -0.39 is 5.97 Å². The molecule has 5 nitrogen and oxygen atoms in total. The van der Waals surface area contributed by atoms with Crippen LogP contribution in [0.2, 0.25) is 0 Å². The third kappa shape index (κ3) is 5.77. The first-order chi connectivity index (χ1) is 9.93. The molecule has 0 aromatic heterocycles. The van der Waals surface area contributed by atoms with E-state index in [4.69, 9.17) is 5.11 Å². The largest absolute Gasteiger partial charge is 0.481 e. The van der Waals surface area contributed by atoms with Gasteiger partial charge in [-0.05, 0) is 24.5 Å². The van der Waals surface area contributed by atoms with Crippen LogP contribution in [0.5, 0.6) is 0 Å². The number of benzene rings is 1. The first-order valence-electron chi connectivity index (χ1n) is 6.84. The van der Waals surface area contributed by atoms with Gasteiger partial charge >= 0.3 is 11.9 Å². The Bertz CT molecular complexity index is 504. The predicted molar refractivity (Wildman–Crippen MR) is 77.1 cm³/mol. The van der Waals surface area contributed by atoms with Crippen molar-refractivity contribution in [2.75, 3.05) is 7.11 Å². The Labute approximate surface area is 123 Å². The fraction of sp³-hybridized carbons (Fsp3) is 0.438. The van der Waals surface area contributed by atoms with Crippen LogP contribution in [-0.2, 0) is 25.5 Å². The maximum Gasteiger partial charge on any atom is 0.312 e. The number of rotatable bonds is 8. The first-order valence-corrected chi connectivity index (χ1v) is 6.84. The number of hydrogen-bond donors (Lipinski definition) is 1. The fourth-order valence-corrected chi connectivity index (χ4v) is 1.99. The summed E-state index contributed by atoms with van der Waals surface area (Å²) in [6, 6.07) is 7.23. The van der Waals surface area contributed by atoms with Crippen molar-refractivity contribution in [1.29, 1.82) is 0 Å². The molecule has 0 spiro atoms. The average Bonchev–Trinajstić information content (AvgIpc) is 2.46. The van der Waals surface area contributed by atoms with Crippen LogP contribution in [0.25, 0.3) is 0 Å². The molecule has 1 aromatic carbocycles. The number of methoxy groups -OCH3 is 1. The summed E-state index contributed by atoms with van der Waals surface area (Å²) in [5.74, 6) is -1.50. The second-order valence-corrected chi connectivity index (χ2v) is 4.95. The summed E-state index contributed by atoms with van der Waals surface area (Å²) in [6.07, 6.45) is 0.937. The molecule has 1 unspecified atom stereocenters. The zero-order chi connectivity index (χ0) is 15.8. The van der Waals surface area contributed by atoms with Crippen LogP contribution in [0.3, 0.4) is 0 Å². The summed E-state index contributed by atoms with van der Waals surface area (Å²) in [5.41, 5.74) is 1.69. The number of hydrogen-bond acceptors (Lipinski definition) is 4. The summed E-state index contributed by atoms with van der Waals surface area (Å²) >= 11 is 0. The van der Waals surface area contributed by atoms with Crippen molar-refractivity contribution >= 4 is 17.7 Å². The molecule has 0 aliphatic rings. The zero-order valence-electron chi connectivity index (χ0n) is 12.3. The second-order valence-electron chi connectivity index (χ2n) is 4.95. The van der Waals surface area contributed by atoms with Gasteiger partial charge < -0.3 is 9.84 Å². The van der Waals surface area contributed by atoms with Gasteiger partial charge in [-0.3, -0.25) is 14.4 Å². The van der Waals surface area contributed by atoms with E-state index in [1.165, 1.54) is 7.11 Å². The number of carboxylic acids is 1. The van der Waals surface area contributed by atoms with E-state index in [9.17, 15) is 14.4 Å².